The van der Waals surface area contributed by atoms with Gasteiger partial charge in [0.05, 0.1) is 29.5 Å². The van der Waals surface area contributed by atoms with Crippen LogP contribution in [0.5, 0.6) is 0 Å². The summed E-state index contributed by atoms with van der Waals surface area (Å²) in [5.41, 5.74) is 0.770. The van der Waals surface area contributed by atoms with E-state index in [2.05, 4.69) is 12.2 Å². The minimum atomic E-state index is -0.545. The van der Waals surface area contributed by atoms with E-state index in [9.17, 15) is 5.11 Å². The Bertz CT molecular complexity index is 448. The van der Waals surface area contributed by atoms with Crippen LogP contribution in [0.15, 0.2) is 18.2 Å². The number of aliphatic hydroxyl groups is 1. The molecule has 0 saturated heterocycles. The van der Waals surface area contributed by atoms with E-state index in [-0.39, 0.29) is 0 Å². The molecule has 0 amide bonds. The number of nitrogens with one attached hydrogen (secondary N) is 1. The molecule has 1 aromatic carbocycles. The summed E-state index contributed by atoms with van der Waals surface area (Å²) in [6, 6.07) is 5.25. The van der Waals surface area contributed by atoms with E-state index >= 15 is 0 Å². The Labute approximate surface area is 136 Å². The number of hydrogen-bond acceptors (Lipinski definition) is 3. The van der Waals surface area contributed by atoms with Crippen molar-refractivity contribution >= 4 is 28.9 Å². The molecular weight excluding hydrogens is 309 g/mol. The lowest BCUT2D eigenvalue weighted by Gasteiger charge is -2.27. The van der Waals surface area contributed by atoms with Gasteiger partial charge in [0.25, 0.3) is 0 Å². The Hall–Kier alpha value is -0.480. The monoisotopic (exact) mass is 331 g/mol. The van der Waals surface area contributed by atoms with E-state index in [0.717, 1.165) is 24.4 Å². The molecule has 0 bridgehead atoms. The van der Waals surface area contributed by atoms with Gasteiger partial charge in [0.15, 0.2) is 0 Å². The number of ether oxygens (including phenoxy) is 1. The molecule has 1 aliphatic carbocycles. The normalized spacial score (nSPS) is 23.8. The molecule has 5 heteroatoms. The molecule has 2 rings (SSSR count). The third kappa shape index (κ3) is 5.67. The average molecular weight is 332 g/mol. The van der Waals surface area contributed by atoms with Gasteiger partial charge in [-0.2, -0.15) is 0 Å². The van der Waals surface area contributed by atoms with Crippen LogP contribution in [0.4, 0.5) is 5.69 Å². The molecule has 0 aliphatic heterocycles. The van der Waals surface area contributed by atoms with Crippen LogP contribution in [-0.4, -0.2) is 30.5 Å². The molecule has 21 heavy (non-hydrogen) atoms. The summed E-state index contributed by atoms with van der Waals surface area (Å²) in [6.07, 6.45) is 4.40. The number of halogens is 2. The summed E-state index contributed by atoms with van der Waals surface area (Å²) >= 11 is 11.9. The van der Waals surface area contributed by atoms with Crippen LogP contribution < -0.4 is 5.32 Å². The molecule has 0 heterocycles. The highest BCUT2D eigenvalue weighted by Crippen LogP contribution is 2.26. The Balaban J connectivity index is 1.68. The van der Waals surface area contributed by atoms with Gasteiger partial charge in [-0.05, 0) is 49.8 Å². The molecule has 1 saturated carbocycles. The molecule has 118 valence electrons. The van der Waals surface area contributed by atoms with Crippen molar-refractivity contribution in [3.05, 3.63) is 28.2 Å². The fraction of sp³-hybridized carbons (Fsp3) is 0.625. The largest absolute Gasteiger partial charge is 0.389 e. The lowest BCUT2D eigenvalue weighted by Crippen LogP contribution is -2.29. The third-order valence-electron chi connectivity index (χ3n) is 3.95. The van der Waals surface area contributed by atoms with E-state index in [1.165, 1.54) is 12.8 Å². The topological polar surface area (TPSA) is 41.5 Å². The number of hydrogen-bond donors (Lipinski definition) is 2. The second kappa shape index (κ2) is 8.23. The summed E-state index contributed by atoms with van der Waals surface area (Å²) in [5.74, 6) is 0.809. The van der Waals surface area contributed by atoms with Crippen molar-refractivity contribution in [2.45, 2.75) is 44.8 Å². The van der Waals surface area contributed by atoms with Crippen molar-refractivity contribution in [1.29, 1.82) is 0 Å². The minimum Gasteiger partial charge on any atom is -0.389 e. The van der Waals surface area contributed by atoms with E-state index in [1.807, 2.05) is 0 Å². The van der Waals surface area contributed by atoms with Gasteiger partial charge in [0.2, 0.25) is 0 Å². The van der Waals surface area contributed by atoms with Gasteiger partial charge < -0.3 is 15.2 Å². The van der Waals surface area contributed by atoms with Crippen LogP contribution in [0.3, 0.4) is 0 Å². The average Bonchev–Trinajstić information content (AvgIpc) is 2.46. The Morgan fingerprint density at radius 3 is 2.67 bits per heavy atom. The van der Waals surface area contributed by atoms with Gasteiger partial charge in [-0.1, -0.05) is 30.1 Å². The summed E-state index contributed by atoms with van der Waals surface area (Å²) < 4.78 is 5.79. The van der Waals surface area contributed by atoms with Crippen LogP contribution in [0.1, 0.15) is 32.6 Å². The Morgan fingerprint density at radius 2 is 2.00 bits per heavy atom. The molecular formula is C16H23Cl2NO2. The maximum absolute atomic E-state index is 9.98. The highest BCUT2D eigenvalue weighted by atomic mass is 35.5. The molecule has 0 aromatic heterocycles. The van der Waals surface area contributed by atoms with Crippen molar-refractivity contribution in [3.8, 4) is 0 Å². The summed E-state index contributed by atoms with van der Waals surface area (Å²) in [7, 11) is 0. The molecule has 1 aromatic rings. The maximum atomic E-state index is 9.98. The molecule has 0 radical (unpaired) electrons. The minimum absolute atomic E-state index is 0.301. The molecule has 0 spiro atoms. The first-order valence-electron chi connectivity index (χ1n) is 7.53. The molecule has 1 unspecified atom stereocenters. The maximum Gasteiger partial charge on any atom is 0.0945 e. The number of aliphatic hydroxyl groups excluding tert-OH is 1. The standard InChI is InChI=1S/C16H23Cl2NO2/c1-11-2-5-14(6-3-11)21-10-13(20)9-19-16-7-4-12(17)8-15(16)18/h4,7-8,11,13-14,19-20H,2-3,5-6,9-10H2,1H3. The van der Waals surface area contributed by atoms with Crippen LogP contribution in [-0.2, 0) is 4.74 Å². The molecule has 1 fully saturated rings. The zero-order valence-corrected chi connectivity index (χ0v) is 13.8. The zero-order valence-electron chi connectivity index (χ0n) is 12.3. The number of rotatable bonds is 6. The van der Waals surface area contributed by atoms with Gasteiger partial charge in [-0.3, -0.25) is 0 Å². The third-order valence-corrected chi connectivity index (χ3v) is 4.49. The van der Waals surface area contributed by atoms with Crippen LogP contribution in [0.25, 0.3) is 0 Å². The van der Waals surface area contributed by atoms with Crippen molar-refractivity contribution in [2.24, 2.45) is 5.92 Å². The van der Waals surface area contributed by atoms with E-state index in [0.29, 0.717) is 29.3 Å². The predicted octanol–water partition coefficient (Wildman–Crippen LogP) is 4.36. The smallest absolute Gasteiger partial charge is 0.0945 e. The van der Waals surface area contributed by atoms with Gasteiger partial charge >= 0.3 is 0 Å². The second-order valence-electron chi connectivity index (χ2n) is 5.87. The van der Waals surface area contributed by atoms with Crippen LogP contribution in [0, 0.1) is 5.92 Å². The van der Waals surface area contributed by atoms with Crippen LogP contribution in [0.2, 0.25) is 10.0 Å². The zero-order chi connectivity index (χ0) is 15.2. The first-order chi connectivity index (χ1) is 10.0. The fourth-order valence-electron chi connectivity index (χ4n) is 2.56. The van der Waals surface area contributed by atoms with E-state index in [1.54, 1.807) is 18.2 Å². The van der Waals surface area contributed by atoms with Crippen molar-refractivity contribution in [3.63, 3.8) is 0 Å². The second-order valence-corrected chi connectivity index (χ2v) is 6.72. The molecule has 2 N–H and O–H groups in total. The highest BCUT2D eigenvalue weighted by molar-refractivity contribution is 6.36. The summed E-state index contributed by atoms with van der Waals surface area (Å²) in [6.45, 7) is 3.05. The van der Waals surface area contributed by atoms with Crippen LogP contribution >= 0.6 is 23.2 Å². The summed E-state index contributed by atoms with van der Waals surface area (Å²) in [4.78, 5) is 0. The Kier molecular flexibility index (Phi) is 6.62. The van der Waals surface area contributed by atoms with Gasteiger partial charge in [-0.25, -0.2) is 0 Å². The molecule has 1 atom stereocenters. The van der Waals surface area contributed by atoms with Gasteiger partial charge in [-0.15, -0.1) is 0 Å². The quantitative estimate of drug-likeness (QED) is 0.813. The highest BCUT2D eigenvalue weighted by Gasteiger charge is 2.19. The molecule has 1 aliphatic rings. The number of benzene rings is 1. The SMILES string of the molecule is CC1CCC(OCC(O)CNc2ccc(Cl)cc2Cl)CC1. The summed E-state index contributed by atoms with van der Waals surface area (Å²) in [5, 5.41) is 14.2. The fourth-order valence-corrected chi connectivity index (χ4v) is 3.04. The number of anilines is 1. The van der Waals surface area contributed by atoms with Gasteiger partial charge in [0.1, 0.15) is 0 Å². The van der Waals surface area contributed by atoms with Gasteiger partial charge in [0, 0.05) is 11.6 Å². The Morgan fingerprint density at radius 1 is 1.29 bits per heavy atom. The molecule has 3 nitrogen and oxygen atoms in total. The lowest BCUT2D eigenvalue weighted by molar-refractivity contribution is -0.0245. The predicted molar refractivity (Wildman–Crippen MR) is 88.3 cm³/mol. The first-order valence-corrected chi connectivity index (χ1v) is 8.28. The van der Waals surface area contributed by atoms with Crippen molar-refractivity contribution in [1.82, 2.24) is 0 Å². The van der Waals surface area contributed by atoms with E-state index < -0.39 is 6.10 Å². The van der Waals surface area contributed by atoms with Crippen molar-refractivity contribution in [2.75, 3.05) is 18.5 Å². The first kappa shape index (κ1) is 16.9. The van der Waals surface area contributed by atoms with E-state index in [4.69, 9.17) is 27.9 Å². The van der Waals surface area contributed by atoms with Crippen molar-refractivity contribution < 1.29 is 9.84 Å². The lowest BCUT2D eigenvalue weighted by atomic mass is 9.89.